The zero-order chi connectivity index (χ0) is 10.6. The van der Waals surface area contributed by atoms with E-state index in [1.165, 1.54) is 0 Å². The van der Waals surface area contributed by atoms with Crippen LogP contribution in [0.3, 0.4) is 0 Å². The Balaban J connectivity index is 0.00000196. The van der Waals surface area contributed by atoms with Crippen LogP contribution in [-0.2, 0) is 4.74 Å². The standard InChI is InChI=1S/C9H14N2O3.H2/c1-6(2)5-13-9(12)10-8-4-7(3)14-11-8;/h4,6H,5H2,1-3H3,(H,10,11,12);1H. The van der Waals surface area contributed by atoms with E-state index < -0.39 is 6.09 Å². The van der Waals surface area contributed by atoms with Crippen LogP contribution in [0.25, 0.3) is 0 Å². The van der Waals surface area contributed by atoms with E-state index in [-0.39, 0.29) is 1.43 Å². The van der Waals surface area contributed by atoms with E-state index in [0.29, 0.717) is 24.1 Å². The minimum absolute atomic E-state index is 0. The lowest BCUT2D eigenvalue weighted by molar-refractivity contribution is 0.147. The third-order valence-electron chi connectivity index (χ3n) is 1.41. The van der Waals surface area contributed by atoms with E-state index in [4.69, 9.17) is 9.26 Å². The zero-order valence-electron chi connectivity index (χ0n) is 8.53. The lowest BCUT2D eigenvalue weighted by Gasteiger charge is -2.06. The third-order valence-corrected chi connectivity index (χ3v) is 1.41. The molecule has 0 unspecified atom stereocenters. The first-order valence-electron chi connectivity index (χ1n) is 4.45. The third kappa shape index (κ3) is 3.47. The van der Waals surface area contributed by atoms with Gasteiger partial charge in [-0.25, -0.2) is 4.79 Å². The van der Waals surface area contributed by atoms with Crippen LogP contribution in [0.4, 0.5) is 10.6 Å². The number of ether oxygens (including phenoxy) is 1. The van der Waals surface area contributed by atoms with Gasteiger partial charge in [0, 0.05) is 7.49 Å². The van der Waals surface area contributed by atoms with Crippen molar-refractivity contribution in [1.82, 2.24) is 5.16 Å². The number of aryl methyl sites for hydroxylation is 1. The highest BCUT2D eigenvalue weighted by Gasteiger charge is 2.07. The summed E-state index contributed by atoms with van der Waals surface area (Å²) in [6.07, 6.45) is -0.507. The second-order valence-corrected chi connectivity index (χ2v) is 3.44. The van der Waals surface area contributed by atoms with Crippen molar-refractivity contribution in [1.29, 1.82) is 0 Å². The van der Waals surface area contributed by atoms with Crippen molar-refractivity contribution < 1.29 is 15.5 Å². The molecule has 0 saturated carbocycles. The summed E-state index contributed by atoms with van der Waals surface area (Å²) >= 11 is 0. The van der Waals surface area contributed by atoms with Gasteiger partial charge in [-0.15, -0.1) is 0 Å². The molecule has 0 spiro atoms. The molecule has 0 saturated heterocycles. The van der Waals surface area contributed by atoms with Crippen molar-refractivity contribution in [2.24, 2.45) is 5.92 Å². The molecule has 0 aromatic carbocycles. The van der Waals surface area contributed by atoms with Gasteiger partial charge in [-0.3, -0.25) is 5.32 Å². The van der Waals surface area contributed by atoms with Crippen LogP contribution in [-0.4, -0.2) is 17.9 Å². The molecule has 14 heavy (non-hydrogen) atoms. The van der Waals surface area contributed by atoms with Gasteiger partial charge in [-0.05, 0) is 12.8 Å². The van der Waals surface area contributed by atoms with Crippen molar-refractivity contribution in [3.05, 3.63) is 11.8 Å². The summed E-state index contributed by atoms with van der Waals surface area (Å²) < 4.78 is 9.66. The molecule has 1 N–H and O–H groups in total. The summed E-state index contributed by atoms with van der Waals surface area (Å²) in [7, 11) is 0. The molecule has 5 nitrogen and oxygen atoms in total. The molecule has 0 radical (unpaired) electrons. The number of hydrogen-bond donors (Lipinski definition) is 1. The first kappa shape index (κ1) is 10.6. The second kappa shape index (κ2) is 4.64. The number of carbonyl (C=O) groups is 1. The molecule has 0 aliphatic heterocycles. The van der Waals surface area contributed by atoms with Crippen LogP contribution in [0.1, 0.15) is 21.0 Å². The number of nitrogens with zero attached hydrogens (tertiary/aromatic N) is 1. The van der Waals surface area contributed by atoms with Gasteiger partial charge in [-0.1, -0.05) is 19.0 Å². The number of rotatable bonds is 3. The second-order valence-electron chi connectivity index (χ2n) is 3.44. The fourth-order valence-corrected chi connectivity index (χ4v) is 0.808. The van der Waals surface area contributed by atoms with Gasteiger partial charge in [0.25, 0.3) is 0 Å². The van der Waals surface area contributed by atoms with Crippen molar-refractivity contribution >= 4 is 11.9 Å². The van der Waals surface area contributed by atoms with E-state index in [1.807, 2.05) is 13.8 Å². The summed E-state index contributed by atoms with van der Waals surface area (Å²) in [5, 5.41) is 6.05. The summed E-state index contributed by atoms with van der Waals surface area (Å²) in [4.78, 5) is 11.1. The molecule has 0 bridgehead atoms. The van der Waals surface area contributed by atoms with Crippen molar-refractivity contribution in [3.63, 3.8) is 0 Å². The van der Waals surface area contributed by atoms with E-state index in [2.05, 4.69) is 10.5 Å². The first-order valence-corrected chi connectivity index (χ1v) is 4.45. The number of aromatic nitrogens is 1. The van der Waals surface area contributed by atoms with Crippen LogP contribution in [0, 0.1) is 12.8 Å². The predicted octanol–water partition coefficient (Wildman–Crippen LogP) is 2.43. The Bertz CT molecular complexity index is 312. The van der Waals surface area contributed by atoms with E-state index in [0.717, 1.165) is 0 Å². The molecule has 1 heterocycles. The number of nitrogens with one attached hydrogen (secondary N) is 1. The number of amides is 1. The summed E-state index contributed by atoms with van der Waals surface area (Å²) in [6.45, 7) is 6.07. The summed E-state index contributed by atoms with van der Waals surface area (Å²) in [5.74, 6) is 1.33. The SMILES string of the molecule is Cc1cc(NC(=O)OCC(C)C)no1.[HH]. The van der Waals surface area contributed by atoms with Crippen LogP contribution < -0.4 is 5.32 Å². The van der Waals surface area contributed by atoms with Gasteiger partial charge in [0.1, 0.15) is 5.76 Å². The Morgan fingerprint density at radius 2 is 2.50 bits per heavy atom. The van der Waals surface area contributed by atoms with E-state index in [9.17, 15) is 4.79 Å². The van der Waals surface area contributed by atoms with Gasteiger partial charge < -0.3 is 9.26 Å². The molecule has 1 aromatic rings. The van der Waals surface area contributed by atoms with E-state index in [1.54, 1.807) is 13.0 Å². The molecule has 0 fully saturated rings. The zero-order valence-corrected chi connectivity index (χ0v) is 8.53. The van der Waals surface area contributed by atoms with Gasteiger partial charge >= 0.3 is 6.09 Å². The first-order chi connectivity index (χ1) is 6.58. The topological polar surface area (TPSA) is 64.4 Å². The van der Waals surface area contributed by atoms with Crippen LogP contribution in [0.15, 0.2) is 10.6 Å². The van der Waals surface area contributed by atoms with Gasteiger partial charge in [0.2, 0.25) is 0 Å². The summed E-state index contributed by atoms with van der Waals surface area (Å²) in [6, 6.07) is 1.62. The van der Waals surface area contributed by atoms with Crippen LogP contribution >= 0.6 is 0 Å². The normalized spacial score (nSPS) is 10.3. The number of anilines is 1. The smallest absolute Gasteiger partial charge is 0.412 e. The van der Waals surface area contributed by atoms with Gasteiger partial charge in [0.15, 0.2) is 5.82 Å². The molecular formula is C9H16N2O3. The fraction of sp³-hybridized carbons (Fsp3) is 0.556. The highest BCUT2D eigenvalue weighted by molar-refractivity contribution is 5.83. The quantitative estimate of drug-likeness (QED) is 0.813. The maximum absolute atomic E-state index is 11.1. The van der Waals surface area contributed by atoms with Gasteiger partial charge in [0.05, 0.1) is 6.61 Å². The maximum Gasteiger partial charge on any atom is 0.412 e. The average Bonchev–Trinajstić information content (AvgIpc) is 2.48. The highest BCUT2D eigenvalue weighted by atomic mass is 16.5. The van der Waals surface area contributed by atoms with Crippen LogP contribution in [0.2, 0.25) is 0 Å². The Hall–Kier alpha value is -1.52. The fourth-order valence-electron chi connectivity index (χ4n) is 0.808. The molecule has 1 amide bonds. The molecule has 0 atom stereocenters. The number of carbonyl (C=O) groups excluding carboxylic acids is 1. The molecule has 0 aliphatic rings. The monoisotopic (exact) mass is 200 g/mol. The Labute approximate surface area is 83.9 Å². The summed E-state index contributed by atoms with van der Waals surface area (Å²) in [5.41, 5.74) is 0. The number of hydrogen-bond acceptors (Lipinski definition) is 4. The lowest BCUT2D eigenvalue weighted by atomic mass is 10.2. The molecule has 0 aliphatic carbocycles. The average molecular weight is 200 g/mol. The molecule has 80 valence electrons. The van der Waals surface area contributed by atoms with Crippen molar-refractivity contribution in [2.75, 3.05) is 11.9 Å². The lowest BCUT2D eigenvalue weighted by Crippen LogP contribution is -2.16. The Kier molecular flexibility index (Phi) is 3.50. The van der Waals surface area contributed by atoms with Crippen LogP contribution in [0.5, 0.6) is 0 Å². The van der Waals surface area contributed by atoms with Gasteiger partial charge in [-0.2, -0.15) is 0 Å². The predicted molar refractivity (Wildman–Crippen MR) is 53.2 cm³/mol. The minimum atomic E-state index is -0.507. The highest BCUT2D eigenvalue weighted by Crippen LogP contribution is 2.07. The van der Waals surface area contributed by atoms with Crippen molar-refractivity contribution in [3.8, 4) is 0 Å². The Morgan fingerprint density at radius 1 is 1.79 bits per heavy atom. The molecule has 5 heteroatoms. The molecule has 1 rings (SSSR count). The largest absolute Gasteiger partial charge is 0.449 e. The Morgan fingerprint density at radius 3 is 3.00 bits per heavy atom. The minimum Gasteiger partial charge on any atom is -0.449 e. The maximum atomic E-state index is 11.1. The van der Waals surface area contributed by atoms with Crippen molar-refractivity contribution in [2.45, 2.75) is 20.8 Å². The molecule has 1 aromatic heterocycles. The van der Waals surface area contributed by atoms with E-state index >= 15 is 0 Å². The molecular weight excluding hydrogens is 184 g/mol.